The van der Waals surface area contributed by atoms with Gasteiger partial charge in [0.15, 0.2) is 0 Å². The Morgan fingerprint density at radius 2 is 2.14 bits per heavy atom. The van der Waals surface area contributed by atoms with Crippen LogP contribution in [0.5, 0.6) is 0 Å². The van der Waals surface area contributed by atoms with Crippen molar-refractivity contribution in [3.05, 3.63) is 0 Å². The summed E-state index contributed by atoms with van der Waals surface area (Å²) in [6.07, 6.45) is 7.03. The van der Waals surface area contributed by atoms with Gasteiger partial charge in [-0.25, -0.2) is 4.68 Å². The van der Waals surface area contributed by atoms with E-state index in [2.05, 4.69) is 20.8 Å². The third-order valence-corrected chi connectivity index (χ3v) is 5.02. The van der Waals surface area contributed by atoms with Crippen molar-refractivity contribution < 1.29 is 9.90 Å². The molecule has 21 heavy (non-hydrogen) atoms. The third kappa shape index (κ3) is 3.94. The Kier molecular flexibility index (Phi) is 4.44. The van der Waals surface area contributed by atoms with Gasteiger partial charge in [0.25, 0.3) is 0 Å². The number of hydrogen-bond acceptors (Lipinski definition) is 6. The molecular formula is C13H21N5O2S. The van der Waals surface area contributed by atoms with Crippen LogP contribution in [-0.4, -0.2) is 49.1 Å². The van der Waals surface area contributed by atoms with Crippen LogP contribution in [0.25, 0.3) is 0 Å². The summed E-state index contributed by atoms with van der Waals surface area (Å²) in [4.78, 5) is 11.9. The number of carbonyl (C=O) groups is 1. The first-order valence-corrected chi connectivity index (χ1v) is 8.55. The van der Waals surface area contributed by atoms with Crippen LogP contribution in [0.1, 0.15) is 51.0 Å². The number of rotatable bonds is 6. The van der Waals surface area contributed by atoms with Gasteiger partial charge in [0.1, 0.15) is 0 Å². The molecule has 1 amide bonds. The lowest BCUT2D eigenvalue weighted by molar-refractivity contribution is -0.120. The molecule has 0 aliphatic heterocycles. The topological polar surface area (TPSA) is 92.9 Å². The Morgan fingerprint density at radius 3 is 2.86 bits per heavy atom. The highest BCUT2D eigenvalue weighted by molar-refractivity contribution is 7.99. The smallest absolute Gasteiger partial charge is 0.230 e. The highest BCUT2D eigenvalue weighted by Gasteiger charge is 2.30. The van der Waals surface area contributed by atoms with Gasteiger partial charge in [-0.1, -0.05) is 31.0 Å². The molecule has 3 rings (SSSR count). The zero-order valence-corrected chi connectivity index (χ0v) is 12.8. The number of tetrazole rings is 1. The van der Waals surface area contributed by atoms with Gasteiger partial charge >= 0.3 is 0 Å². The third-order valence-electron chi connectivity index (χ3n) is 4.09. The van der Waals surface area contributed by atoms with E-state index in [1.807, 2.05) is 0 Å². The molecule has 0 unspecified atom stereocenters. The first-order chi connectivity index (χ1) is 10.2. The van der Waals surface area contributed by atoms with E-state index in [4.69, 9.17) is 0 Å². The number of carbonyl (C=O) groups excluding carboxylic acids is 1. The molecule has 1 aromatic heterocycles. The van der Waals surface area contributed by atoms with Crippen LogP contribution in [0.3, 0.4) is 0 Å². The fraction of sp³-hybridized carbons (Fsp3) is 0.846. The molecule has 0 radical (unpaired) electrons. The maximum absolute atomic E-state index is 11.9. The molecule has 2 aliphatic carbocycles. The van der Waals surface area contributed by atoms with E-state index < -0.39 is 5.60 Å². The molecule has 0 bridgehead atoms. The van der Waals surface area contributed by atoms with E-state index in [9.17, 15) is 9.90 Å². The van der Waals surface area contributed by atoms with Crippen molar-refractivity contribution in [2.75, 3.05) is 12.3 Å². The SMILES string of the molecule is O=C(CSc1nnnn1C1CC1)NCC1(O)CCCCC1. The van der Waals surface area contributed by atoms with Crippen LogP contribution >= 0.6 is 11.8 Å². The molecule has 2 saturated carbocycles. The zero-order valence-electron chi connectivity index (χ0n) is 12.0. The predicted octanol–water partition coefficient (Wildman–Crippen LogP) is 0.911. The summed E-state index contributed by atoms with van der Waals surface area (Å²) in [7, 11) is 0. The summed E-state index contributed by atoms with van der Waals surface area (Å²) in [5.74, 6) is 0.202. The molecule has 7 nitrogen and oxygen atoms in total. The Hall–Kier alpha value is -1.15. The first kappa shape index (κ1) is 14.8. The maximum atomic E-state index is 11.9. The second kappa shape index (κ2) is 6.31. The molecule has 116 valence electrons. The second-order valence-electron chi connectivity index (χ2n) is 5.99. The lowest BCUT2D eigenvalue weighted by Crippen LogP contribution is -2.44. The number of aliphatic hydroxyl groups is 1. The predicted molar refractivity (Wildman–Crippen MR) is 77.9 cm³/mol. The Balaban J connectivity index is 1.42. The molecule has 0 saturated heterocycles. The van der Waals surface area contributed by atoms with E-state index in [-0.39, 0.29) is 11.7 Å². The average molecular weight is 311 g/mol. The number of nitrogens with zero attached hydrogens (tertiary/aromatic N) is 4. The number of amides is 1. The van der Waals surface area contributed by atoms with Crippen LogP contribution in [0.2, 0.25) is 0 Å². The monoisotopic (exact) mass is 311 g/mol. The highest BCUT2D eigenvalue weighted by Crippen LogP contribution is 2.36. The number of hydrogen-bond donors (Lipinski definition) is 2. The fourth-order valence-electron chi connectivity index (χ4n) is 2.66. The largest absolute Gasteiger partial charge is 0.388 e. The molecule has 2 fully saturated rings. The van der Waals surface area contributed by atoms with E-state index in [1.165, 1.54) is 18.2 Å². The highest BCUT2D eigenvalue weighted by atomic mass is 32.2. The van der Waals surface area contributed by atoms with Crippen molar-refractivity contribution in [3.8, 4) is 0 Å². The number of aromatic nitrogens is 4. The minimum atomic E-state index is -0.714. The molecule has 0 spiro atoms. The van der Waals surface area contributed by atoms with Gasteiger partial charge in [0, 0.05) is 6.54 Å². The molecule has 1 heterocycles. The van der Waals surface area contributed by atoms with Crippen molar-refractivity contribution in [1.29, 1.82) is 0 Å². The molecule has 2 aliphatic rings. The van der Waals surface area contributed by atoms with E-state index in [0.717, 1.165) is 38.5 Å². The van der Waals surface area contributed by atoms with Crippen LogP contribution in [0.15, 0.2) is 5.16 Å². The Morgan fingerprint density at radius 1 is 1.38 bits per heavy atom. The molecular weight excluding hydrogens is 290 g/mol. The molecule has 8 heteroatoms. The van der Waals surface area contributed by atoms with E-state index >= 15 is 0 Å². The van der Waals surface area contributed by atoms with Gasteiger partial charge in [-0.2, -0.15) is 0 Å². The summed E-state index contributed by atoms with van der Waals surface area (Å²) in [5.41, 5.74) is -0.714. The van der Waals surface area contributed by atoms with Gasteiger partial charge in [-0.3, -0.25) is 4.79 Å². The number of thioether (sulfide) groups is 1. The fourth-order valence-corrected chi connectivity index (χ4v) is 3.43. The van der Waals surface area contributed by atoms with Crippen molar-refractivity contribution in [3.63, 3.8) is 0 Å². The lowest BCUT2D eigenvalue weighted by Gasteiger charge is -2.32. The first-order valence-electron chi connectivity index (χ1n) is 7.56. The van der Waals surface area contributed by atoms with Crippen molar-refractivity contribution >= 4 is 17.7 Å². The van der Waals surface area contributed by atoms with Crippen LogP contribution in [-0.2, 0) is 4.79 Å². The Bertz CT molecular complexity index is 497. The van der Waals surface area contributed by atoms with E-state index in [0.29, 0.717) is 17.7 Å². The number of nitrogens with one attached hydrogen (secondary N) is 1. The summed E-state index contributed by atoms with van der Waals surface area (Å²) >= 11 is 1.35. The summed E-state index contributed by atoms with van der Waals surface area (Å²) < 4.78 is 1.80. The van der Waals surface area contributed by atoms with Crippen LogP contribution < -0.4 is 5.32 Å². The van der Waals surface area contributed by atoms with Gasteiger partial charge in [-0.05, 0) is 36.1 Å². The molecule has 0 aromatic carbocycles. The lowest BCUT2D eigenvalue weighted by atomic mass is 9.85. The van der Waals surface area contributed by atoms with Crippen molar-refractivity contribution in [1.82, 2.24) is 25.5 Å². The minimum absolute atomic E-state index is 0.0793. The maximum Gasteiger partial charge on any atom is 0.230 e. The molecule has 0 atom stereocenters. The second-order valence-corrected chi connectivity index (χ2v) is 6.93. The van der Waals surface area contributed by atoms with Gasteiger partial charge in [0.05, 0.1) is 17.4 Å². The normalized spacial score (nSPS) is 21.2. The van der Waals surface area contributed by atoms with Gasteiger partial charge in [0.2, 0.25) is 11.1 Å². The molecule has 1 aromatic rings. The quantitative estimate of drug-likeness (QED) is 0.759. The van der Waals surface area contributed by atoms with Crippen LogP contribution in [0, 0.1) is 0 Å². The van der Waals surface area contributed by atoms with Crippen molar-refractivity contribution in [2.45, 2.75) is 61.7 Å². The molecule has 2 N–H and O–H groups in total. The average Bonchev–Trinajstić information content (AvgIpc) is 3.22. The van der Waals surface area contributed by atoms with Crippen LogP contribution in [0.4, 0.5) is 0 Å². The summed E-state index contributed by atoms with van der Waals surface area (Å²) in [5, 5.41) is 25.4. The zero-order chi connectivity index (χ0) is 14.7. The van der Waals surface area contributed by atoms with E-state index in [1.54, 1.807) is 4.68 Å². The Labute approximate surface area is 127 Å². The minimum Gasteiger partial charge on any atom is -0.388 e. The summed E-state index contributed by atoms with van der Waals surface area (Å²) in [6, 6.07) is 0.411. The standard InChI is InChI=1S/C13H21N5O2S/c19-11(14-9-13(20)6-2-1-3-7-13)8-21-12-15-16-17-18(12)10-4-5-10/h10,20H,1-9H2,(H,14,19). The van der Waals surface area contributed by atoms with Gasteiger partial charge in [-0.15, -0.1) is 5.10 Å². The summed E-state index contributed by atoms with van der Waals surface area (Å²) in [6.45, 7) is 0.347. The van der Waals surface area contributed by atoms with Gasteiger partial charge < -0.3 is 10.4 Å². The van der Waals surface area contributed by atoms with Crippen molar-refractivity contribution in [2.24, 2.45) is 0 Å².